The van der Waals surface area contributed by atoms with Gasteiger partial charge in [-0.15, -0.1) is 0 Å². The van der Waals surface area contributed by atoms with Crippen molar-refractivity contribution in [3.63, 3.8) is 0 Å². The van der Waals surface area contributed by atoms with Crippen LogP contribution < -0.4 is 4.90 Å². The van der Waals surface area contributed by atoms with Crippen molar-refractivity contribution in [1.29, 1.82) is 0 Å². The molecule has 7 nitrogen and oxygen atoms in total. The van der Waals surface area contributed by atoms with E-state index in [2.05, 4.69) is 24.9 Å². The molecule has 0 aliphatic carbocycles. The molecule has 0 atom stereocenters. The highest BCUT2D eigenvalue weighted by Crippen LogP contribution is 2.18. The molecule has 0 unspecified atom stereocenters. The number of hydrogen-bond donors (Lipinski definition) is 0. The third-order valence-electron chi connectivity index (χ3n) is 2.71. The number of ether oxygens (including phenoxy) is 1. The predicted molar refractivity (Wildman–Crippen MR) is 68.9 cm³/mol. The smallest absolute Gasteiger partial charge is 0.230 e. The quantitative estimate of drug-likeness (QED) is 0.805. The van der Waals surface area contributed by atoms with Crippen LogP contribution in [0.25, 0.3) is 11.4 Å². The van der Waals surface area contributed by atoms with Gasteiger partial charge < -0.3 is 9.64 Å². The van der Waals surface area contributed by atoms with Gasteiger partial charge in [0.15, 0.2) is 5.82 Å². The van der Waals surface area contributed by atoms with Crippen molar-refractivity contribution in [2.45, 2.75) is 0 Å². The molecule has 8 heteroatoms. The lowest BCUT2D eigenvalue weighted by atomic mass is 10.3. The molecule has 0 radical (unpaired) electrons. The Bertz CT molecular complexity index is 560. The molecule has 1 saturated heterocycles. The Labute approximate surface area is 114 Å². The summed E-state index contributed by atoms with van der Waals surface area (Å²) < 4.78 is 5.30. The maximum atomic E-state index is 5.96. The van der Waals surface area contributed by atoms with Crippen LogP contribution in [0.15, 0.2) is 18.7 Å². The molecule has 0 aromatic carbocycles. The average molecular weight is 279 g/mol. The number of anilines is 1. The third-order valence-corrected chi connectivity index (χ3v) is 2.88. The molecule has 3 rings (SSSR count). The molecule has 1 aliphatic rings. The lowest BCUT2D eigenvalue weighted by Gasteiger charge is -2.26. The van der Waals surface area contributed by atoms with Crippen molar-refractivity contribution in [1.82, 2.24) is 24.9 Å². The van der Waals surface area contributed by atoms with Crippen LogP contribution in [-0.2, 0) is 4.74 Å². The Morgan fingerprint density at radius 2 is 1.79 bits per heavy atom. The van der Waals surface area contributed by atoms with E-state index in [1.807, 2.05) is 4.90 Å². The van der Waals surface area contributed by atoms with Gasteiger partial charge in [0.25, 0.3) is 0 Å². The van der Waals surface area contributed by atoms with Crippen LogP contribution in [0, 0.1) is 0 Å². The van der Waals surface area contributed by atoms with E-state index in [9.17, 15) is 0 Å². The monoisotopic (exact) mass is 278 g/mol. The predicted octanol–water partition coefficient (Wildman–Crippen LogP) is 0.819. The largest absolute Gasteiger partial charge is 0.378 e. The molecule has 98 valence electrons. The summed E-state index contributed by atoms with van der Waals surface area (Å²) in [6.07, 6.45) is 4.73. The van der Waals surface area contributed by atoms with Crippen molar-refractivity contribution in [2.24, 2.45) is 0 Å². The van der Waals surface area contributed by atoms with Gasteiger partial charge in [0.05, 0.1) is 18.8 Å². The van der Waals surface area contributed by atoms with Crippen molar-refractivity contribution in [2.75, 3.05) is 31.2 Å². The third kappa shape index (κ3) is 2.77. The van der Waals surface area contributed by atoms with E-state index in [0.717, 1.165) is 13.1 Å². The van der Waals surface area contributed by atoms with E-state index >= 15 is 0 Å². The highest BCUT2D eigenvalue weighted by molar-refractivity contribution is 6.28. The summed E-state index contributed by atoms with van der Waals surface area (Å²) in [5.74, 6) is 1.03. The fourth-order valence-corrected chi connectivity index (χ4v) is 1.94. The molecule has 1 aliphatic heterocycles. The minimum atomic E-state index is 0.162. The number of halogens is 1. The van der Waals surface area contributed by atoms with Crippen LogP contribution in [0.3, 0.4) is 0 Å². The zero-order chi connectivity index (χ0) is 13.1. The summed E-state index contributed by atoms with van der Waals surface area (Å²) in [6, 6.07) is 0. The summed E-state index contributed by atoms with van der Waals surface area (Å²) in [4.78, 5) is 22.6. The van der Waals surface area contributed by atoms with Gasteiger partial charge in [-0.3, -0.25) is 0 Å². The van der Waals surface area contributed by atoms with E-state index in [4.69, 9.17) is 16.3 Å². The molecule has 3 heterocycles. The van der Waals surface area contributed by atoms with Gasteiger partial charge in [-0.1, -0.05) is 0 Å². The topological polar surface area (TPSA) is 76.9 Å². The summed E-state index contributed by atoms with van der Waals surface area (Å²) in [5.41, 5.74) is 0.710. The van der Waals surface area contributed by atoms with Gasteiger partial charge in [0.2, 0.25) is 11.2 Å². The zero-order valence-corrected chi connectivity index (χ0v) is 10.8. The second-order valence-corrected chi connectivity index (χ2v) is 4.29. The molecule has 0 N–H and O–H groups in total. The lowest BCUT2D eigenvalue weighted by Crippen LogP contribution is -2.37. The standard InChI is InChI=1S/C11H11ClN6O/c12-10-15-9(8-5-13-7-14-6-8)16-11(17-10)18-1-3-19-4-2-18/h5-7H,1-4H2. The van der Waals surface area contributed by atoms with Crippen LogP contribution >= 0.6 is 11.6 Å². The second-order valence-electron chi connectivity index (χ2n) is 3.95. The first-order chi connectivity index (χ1) is 9.33. The zero-order valence-electron chi connectivity index (χ0n) is 10.0. The molecule has 0 bridgehead atoms. The molecule has 2 aromatic rings. The van der Waals surface area contributed by atoms with Gasteiger partial charge in [0, 0.05) is 25.5 Å². The lowest BCUT2D eigenvalue weighted by molar-refractivity contribution is 0.122. The van der Waals surface area contributed by atoms with Crippen molar-refractivity contribution >= 4 is 17.5 Å². The van der Waals surface area contributed by atoms with Crippen LogP contribution in [0.1, 0.15) is 0 Å². The van der Waals surface area contributed by atoms with Crippen LogP contribution in [-0.4, -0.2) is 51.2 Å². The normalized spacial score (nSPS) is 15.5. The van der Waals surface area contributed by atoms with Crippen LogP contribution in [0.5, 0.6) is 0 Å². The van der Waals surface area contributed by atoms with E-state index in [-0.39, 0.29) is 5.28 Å². The Balaban J connectivity index is 1.96. The Hall–Kier alpha value is -1.86. The van der Waals surface area contributed by atoms with E-state index in [0.29, 0.717) is 30.5 Å². The Morgan fingerprint density at radius 1 is 1.05 bits per heavy atom. The van der Waals surface area contributed by atoms with Crippen molar-refractivity contribution < 1.29 is 4.74 Å². The van der Waals surface area contributed by atoms with Gasteiger partial charge in [-0.2, -0.15) is 15.0 Å². The van der Waals surface area contributed by atoms with Gasteiger partial charge in [-0.05, 0) is 11.6 Å². The fourth-order valence-electron chi connectivity index (χ4n) is 1.79. The minimum absolute atomic E-state index is 0.162. The molecule has 0 amide bonds. The molecule has 0 saturated carbocycles. The number of morpholine rings is 1. The number of hydrogen-bond acceptors (Lipinski definition) is 7. The first-order valence-electron chi connectivity index (χ1n) is 5.82. The van der Waals surface area contributed by atoms with Gasteiger partial charge >= 0.3 is 0 Å². The van der Waals surface area contributed by atoms with Crippen molar-refractivity contribution in [3.05, 3.63) is 24.0 Å². The summed E-state index contributed by atoms with van der Waals surface area (Å²) in [5, 5.41) is 0.162. The SMILES string of the molecule is Clc1nc(-c2cncnc2)nc(N2CCOCC2)n1. The summed E-state index contributed by atoms with van der Waals surface area (Å²) >= 11 is 5.96. The second kappa shape index (κ2) is 5.41. The summed E-state index contributed by atoms with van der Waals surface area (Å²) in [6.45, 7) is 2.80. The number of aromatic nitrogens is 5. The highest BCUT2D eigenvalue weighted by atomic mass is 35.5. The molecule has 1 fully saturated rings. The molecule has 0 spiro atoms. The van der Waals surface area contributed by atoms with E-state index in [1.54, 1.807) is 12.4 Å². The summed E-state index contributed by atoms with van der Waals surface area (Å²) in [7, 11) is 0. The number of rotatable bonds is 2. The van der Waals surface area contributed by atoms with Crippen molar-refractivity contribution in [3.8, 4) is 11.4 Å². The molecule has 2 aromatic heterocycles. The average Bonchev–Trinajstić information content (AvgIpc) is 2.48. The molecule has 19 heavy (non-hydrogen) atoms. The highest BCUT2D eigenvalue weighted by Gasteiger charge is 2.16. The molecular weight excluding hydrogens is 268 g/mol. The number of nitrogens with zero attached hydrogens (tertiary/aromatic N) is 6. The van der Waals surface area contributed by atoms with E-state index in [1.165, 1.54) is 6.33 Å². The molecular formula is C11H11ClN6O. The maximum absolute atomic E-state index is 5.96. The first-order valence-corrected chi connectivity index (χ1v) is 6.20. The first kappa shape index (κ1) is 12.2. The maximum Gasteiger partial charge on any atom is 0.230 e. The van der Waals surface area contributed by atoms with Gasteiger partial charge in [-0.25, -0.2) is 9.97 Å². The van der Waals surface area contributed by atoms with Gasteiger partial charge in [0.1, 0.15) is 6.33 Å². The minimum Gasteiger partial charge on any atom is -0.378 e. The van der Waals surface area contributed by atoms with Crippen LogP contribution in [0.2, 0.25) is 5.28 Å². The Kier molecular flexibility index (Phi) is 3.47. The Morgan fingerprint density at radius 3 is 2.53 bits per heavy atom. The van der Waals surface area contributed by atoms with E-state index < -0.39 is 0 Å². The fraction of sp³-hybridized carbons (Fsp3) is 0.364. The van der Waals surface area contributed by atoms with Crippen LogP contribution in [0.4, 0.5) is 5.95 Å².